The van der Waals surface area contributed by atoms with Crippen molar-refractivity contribution in [1.82, 2.24) is 0 Å². The Morgan fingerprint density at radius 1 is 1.18 bits per heavy atom. The van der Waals surface area contributed by atoms with E-state index in [1.807, 2.05) is 43.3 Å². The zero-order chi connectivity index (χ0) is 12.7. The van der Waals surface area contributed by atoms with Gasteiger partial charge in [0.15, 0.2) is 5.78 Å². The van der Waals surface area contributed by atoms with Gasteiger partial charge in [-0.15, -0.1) is 0 Å². The molecule has 17 heavy (non-hydrogen) atoms. The largest absolute Gasteiger partial charge is 0.377 e. The van der Waals surface area contributed by atoms with E-state index < -0.39 is 0 Å². The summed E-state index contributed by atoms with van der Waals surface area (Å²) in [4.78, 5) is 14.1. The lowest BCUT2D eigenvalue weighted by Crippen LogP contribution is -2.13. The highest BCUT2D eigenvalue weighted by molar-refractivity contribution is 9.09. The predicted molar refractivity (Wildman–Crippen MR) is 77.4 cm³/mol. The summed E-state index contributed by atoms with van der Waals surface area (Å²) in [5.74, 6) is 0.254. The number of ketones is 1. The van der Waals surface area contributed by atoms with Gasteiger partial charge in [0, 0.05) is 37.1 Å². The number of Topliss-reactive ketones (excluding diaryl/α,β-unsaturated/α-hetero) is 1. The molecule has 0 fully saturated rings. The topological polar surface area (TPSA) is 20.3 Å². The molecule has 0 aliphatic carbocycles. The van der Waals surface area contributed by atoms with Gasteiger partial charge < -0.3 is 4.90 Å². The van der Waals surface area contributed by atoms with Crippen molar-refractivity contribution in [2.45, 2.75) is 25.7 Å². The zero-order valence-corrected chi connectivity index (χ0v) is 12.2. The van der Waals surface area contributed by atoms with E-state index in [0.29, 0.717) is 6.42 Å². The quantitative estimate of drug-likeness (QED) is 0.432. The van der Waals surface area contributed by atoms with E-state index in [1.54, 1.807) is 0 Å². The Balaban J connectivity index is 2.62. The number of nitrogens with zero attached hydrogens (tertiary/aromatic N) is 1. The van der Waals surface area contributed by atoms with Crippen molar-refractivity contribution in [1.29, 1.82) is 0 Å². The Kier molecular flexibility index (Phi) is 6.27. The number of carbonyl (C=O) groups is 1. The van der Waals surface area contributed by atoms with E-state index in [-0.39, 0.29) is 5.78 Å². The Morgan fingerprint density at radius 2 is 1.88 bits per heavy atom. The molecule has 0 unspecified atom stereocenters. The van der Waals surface area contributed by atoms with Crippen LogP contribution in [0.15, 0.2) is 24.3 Å². The maximum atomic E-state index is 12.1. The van der Waals surface area contributed by atoms with Crippen LogP contribution < -0.4 is 4.90 Å². The van der Waals surface area contributed by atoms with Crippen LogP contribution in [0.25, 0.3) is 0 Å². The summed E-state index contributed by atoms with van der Waals surface area (Å²) in [6.45, 7) is 0. The lowest BCUT2D eigenvalue weighted by molar-refractivity contribution is 0.0980. The van der Waals surface area contributed by atoms with Gasteiger partial charge in [0.1, 0.15) is 0 Å². The molecule has 94 valence electrons. The smallest absolute Gasteiger partial charge is 0.164 e. The Hall–Kier alpha value is -0.830. The van der Waals surface area contributed by atoms with Gasteiger partial charge in [-0.1, -0.05) is 34.5 Å². The monoisotopic (exact) mass is 297 g/mol. The first-order valence-electron chi connectivity index (χ1n) is 6.02. The summed E-state index contributed by atoms with van der Waals surface area (Å²) < 4.78 is 0. The van der Waals surface area contributed by atoms with Crippen LogP contribution in [0.5, 0.6) is 0 Å². The summed E-state index contributed by atoms with van der Waals surface area (Å²) in [6.07, 6.45) is 3.88. The molecule has 0 bridgehead atoms. The van der Waals surface area contributed by atoms with Crippen molar-refractivity contribution >= 4 is 27.4 Å². The average Bonchev–Trinajstić information content (AvgIpc) is 2.34. The lowest BCUT2D eigenvalue weighted by Gasteiger charge is -2.16. The van der Waals surface area contributed by atoms with Gasteiger partial charge >= 0.3 is 0 Å². The third kappa shape index (κ3) is 4.50. The number of rotatable bonds is 7. The van der Waals surface area contributed by atoms with E-state index in [9.17, 15) is 4.79 Å². The summed E-state index contributed by atoms with van der Waals surface area (Å²) in [7, 11) is 3.94. The zero-order valence-electron chi connectivity index (χ0n) is 10.6. The summed E-state index contributed by atoms with van der Waals surface area (Å²) >= 11 is 3.40. The third-order valence-corrected chi connectivity index (χ3v) is 3.28. The second-order valence-electron chi connectivity index (χ2n) is 4.33. The van der Waals surface area contributed by atoms with Crippen molar-refractivity contribution in [3.05, 3.63) is 29.8 Å². The fourth-order valence-electron chi connectivity index (χ4n) is 1.79. The van der Waals surface area contributed by atoms with E-state index >= 15 is 0 Å². The van der Waals surface area contributed by atoms with Crippen molar-refractivity contribution in [2.24, 2.45) is 0 Å². The van der Waals surface area contributed by atoms with Crippen LogP contribution in [-0.2, 0) is 0 Å². The molecular formula is C14H20BrNO. The fourth-order valence-corrected chi connectivity index (χ4v) is 2.19. The molecule has 0 N–H and O–H groups in total. The molecule has 1 aromatic rings. The predicted octanol–water partition coefficient (Wildman–Crippen LogP) is 3.89. The average molecular weight is 298 g/mol. The van der Waals surface area contributed by atoms with E-state index in [0.717, 1.165) is 35.8 Å². The lowest BCUT2D eigenvalue weighted by atomic mass is 10.0. The minimum Gasteiger partial charge on any atom is -0.377 e. The number of alkyl halides is 1. The number of unbranched alkanes of at least 4 members (excludes halogenated alkanes) is 2. The molecular weight excluding hydrogens is 278 g/mol. The Bertz CT molecular complexity index is 363. The molecule has 0 radical (unpaired) electrons. The highest BCUT2D eigenvalue weighted by atomic mass is 79.9. The van der Waals surface area contributed by atoms with Crippen molar-refractivity contribution in [2.75, 3.05) is 24.3 Å². The molecule has 0 aliphatic heterocycles. The van der Waals surface area contributed by atoms with Crippen LogP contribution in [0.4, 0.5) is 5.69 Å². The van der Waals surface area contributed by atoms with Crippen LogP contribution in [0.3, 0.4) is 0 Å². The van der Waals surface area contributed by atoms with Crippen molar-refractivity contribution < 1.29 is 4.79 Å². The molecule has 0 spiro atoms. The molecule has 0 heterocycles. The molecule has 1 aromatic carbocycles. The molecule has 0 aromatic heterocycles. The SMILES string of the molecule is CN(C)c1ccccc1C(=O)CCCCCBr. The minimum atomic E-state index is 0.254. The van der Waals surface area contributed by atoms with Crippen LogP contribution >= 0.6 is 15.9 Å². The molecule has 2 nitrogen and oxygen atoms in total. The number of carbonyl (C=O) groups excluding carboxylic acids is 1. The van der Waals surface area contributed by atoms with Crippen molar-refractivity contribution in [3.63, 3.8) is 0 Å². The number of hydrogen-bond acceptors (Lipinski definition) is 2. The number of hydrogen-bond donors (Lipinski definition) is 0. The first-order valence-corrected chi connectivity index (χ1v) is 7.14. The van der Waals surface area contributed by atoms with Crippen LogP contribution in [0.1, 0.15) is 36.0 Å². The van der Waals surface area contributed by atoms with Gasteiger partial charge in [0.2, 0.25) is 0 Å². The Morgan fingerprint density at radius 3 is 2.53 bits per heavy atom. The van der Waals surface area contributed by atoms with Crippen LogP contribution in [0.2, 0.25) is 0 Å². The van der Waals surface area contributed by atoms with Crippen LogP contribution in [-0.4, -0.2) is 25.2 Å². The first kappa shape index (κ1) is 14.2. The first-order chi connectivity index (χ1) is 8.16. The number of anilines is 1. The Labute approximate surface area is 112 Å². The van der Waals surface area contributed by atoms with Gasteiger partial charge in [-0.2, -0.15) is 0 Å². The maximum absolute atomic E-state index is 12.1. The molecule has 0 saturated carbocycles. The van der Waals surface area contributed by atoms with E-state index in [2.05, 4.69) is 15.9 Å². The van der Waals surface area contributed by atoms with E-state index in [4.69, 9.17) is 0 Å². The van der Waals surface area contributed by atoms with Gasteiger partial charge in [-0.05, 0) is 25.0 Å². The normalized spacial score (nSPS) is 10.3. The highest BCUT2D eigenvalue weighted by Gasteiger charge is 2.11. The van der Waals surface area contributed by atoms with Gasteiger partial charge in [0.25, 0.3) is 0 Å². The van der Waals surface area contributed by atoms with Gasteiger partial charge in [-0.3, -0.25) is 4.79 Å². The molecule has 0 saturated heterocycles. The summed E-state index contributed by atoms with van der Waals surface area (Å²) in [5, 5.41) is 1.02. The minimum absolute atomic E-state index is 0.254. The molecule has 0 amide bonds. The highest BCUT2D eigenvalue weighted by Crippen LogP contribution is 2.20. The summed E-state index contributed by atoms with van der Waals surface area (Å²) in [5.41, 5.74) is 1.86. The number of benzene rings is 1. The van der Waals surface area contributed by atoms with Crippen molar-refractivity contribution in [3.8, 4) is 0 Å². The number of para-hydroxylation sites is 1. The van der Waals surface area contributed by atoms with Gasteiger partial charge in [0.05, 0.1) is 0 Å². The standard InChI is InChI=1S/C14H20BrNO/c1-16(2)13-9-6-5-8-12(13)14(17)10-4-3-7-11-15/h5-6,8-9H,3-4,7,10-11H2,1-2H3. The third-order valence-electron chi connectivity index (χ3n) is 2.72. The molecule has 1 rings (SSSR count). The fraction of sp³-hybridized carbons (Fsp3) is 0.500. The molecule has 0 atom stereocenters. The second kappa shape index (κ2) is 7.49. The van der Waals surface area contributed by atoms with Crippen LogP contribution in [0, 0.1) is 0 Å². The molecule has 3 heteroatoms. The maximum Gasteiger partial charge on any atom is 0.164 e. The second-order valence-corrected chi connectivity index (χ2v) is 5.13. The summed E-state index contributed by atoms with van der Waals surface area (Å²) in [6, 6.07) is 7.81. The van der Waals surface area contributed by atoms with E-state index in [1.165, 1.54) is 0 Å². The van der Waals surface area contributed by atoms with Gasteiger partial charge in [-0.25, -0.2) is 0 Å². The molecule has 0 aliphatic rings. The number of halogens is 1.